The molecule has 0 aliphatic carbocycles. The zero-order valence-electron chi connectivity index (χ0n) is 13.8. The number of hydrogen-bond donors (Lipinski definition) is 0. The smallest absolute Gasteiger partial charge is 0.123 e. The van der Waals surface area contributed by atoms with E-state index >= 15 is 0 Å². The van der Waals surface area contributed by atoms with E-state index in [1.165, 1.54) is 11.1 Å². The van der Waals surface area contributed by atoms with E-state index in [1.807, 2.05) is 24.3 Å². The molecule has 0 aliphatic heterocycles. The fourth-order valence-corrected chi connectivity index (χ4v) is 2.84. The van der Waals surface area contributed by atoms with Crippen LogP contribution >= 0.6 is 11.6 Å². The molecule has 2 aromatic rings. The first-order chi connectivity index (χ1) is 10.2. The Kier molecular flexibility index (Phi) is 4.97. The Labute approximate surface area is 138 Å². The zero-order chi connectivity index (χ0) is 16.4. The second-order valence-corrected chi connectivity index (χ2v) is 7.72. The maximum Gasteiger partial charge on any atom is 0.123 e. The lowest BCUT2D eigenvalue weighted by Crippen LogP contribution is -2.24. The summed E-state index contributed by atoms with van der Waals surface area (Å²) in [5.74, 6) is -0.180. The highest BCUT2D eigenvalue weighted by Gasteiger charge is 2.27. The van der Waals surface area contributed by atoms with E-state index in [9.17, 15) is 4.39 Å². The predicted octanol–water partition coefficient (Wildman–Crippen LogP) is 6.51. The highest BCUT2D eigenvalue weighted by atomic mass is 35.5. The molecule has 0 N–H and O–H groups in total. The van der Waals surface area contributed by atoms with Gasteiger partial charge in [0, 0.05) is 5.02 Å². The van der Waals surface area contributed by atoms with Gasteiger partial charge in [0.05, 0.1) is 0 Å². The highest BCUT2D eigenvalue weighted by Crippen LogP contribution is 2.36. The largest absolute Gasteiger partial charge is 0.207 e. The summed E-state index contributed by atoms with van der Waals surface area (Å²) in [6.07, 6.45) is 2.09. The lowest BCUT2D eigenvalue weighted by atomic mass is 9.73. The third kappa shape index (κ3) is 4.10. The molecule has 22 heavy (non-hydrogen) atoms. The molecule has 0 aliphatic rings. The molecule has 0 atom stereocenters. The number of hydrogen-bond acceptors (Lipinski definition) is 0. The van der Waals surface area contributed by atoms with Crippen molar-refractivity contribution in [1.29, 1.82) is 0 Å². The van der Waals surface area contributed by atoms with Crippen LogP contribution in [0.15, 0.2) is 48.5 Å². The molecule has 2 heteroatoms. The first kappa shape index (κ1) is 17.0. The molecule has 118 valence electrons. The second kappa shape index (κ2) is 6.42. The van der Waals surface area contributed by atoms with Crippen LogP contribution in [0.5, 0.6) is 0 Å². The molecule has 0 unspecified atom stereocenters. The lowest BCUT2D eigenvalue weighted by Gasteiger charge is -2.32. The first-order valence-corrected chi connectivity index (χ1v) is 8.11. The Morgan fingerprint density at radius 3 is 1.50 bits per heavy atom. The van der Waals surface area contributed by atoms with E-state index in [1.54, 1.807) is 12.1 Å². The summed E-state index contributed by atoms with van der Waals surface area (Å²) in [5, 5.41) is 0.770. The first-order valence-electron chi connectivity index (χ1n) is 7.73. The van der Waals surface area contributed by atoms with E-state index in [4.69, 9.17) is 11.6 Å². The summed E-state index contributed by atoms with van der Waals surface area (Å²) >= 11 is 5.97. The maximum atomic E-state index is 13.1. The lowest BCUT2D eigenvalue weighted by molar-refractivity contribution is 0.374. The molecular weight excluding hydrogens is 295 g/mol. The molecule has 0 radical (unpaired) electrons. The second-order valence-electron chi connectivity index (χ2n) is 7.28. The van der Waals surface area contributed by atoms with Gasteiger partial charge >= 0.3 is 0 Å². The van der Waals surface area contributed by atoms with E-state index in [2.05, 4.69) is 39.8 Å². The molecule has 2 rings (SSSR count). The fourth-order valence-electron chi connectivity index (χ4n) is 2.72. The standard InChI is InChI=1S/C20H24ClF/c1-19(2,15-5-9-17(21)10-6-15)13-14-20(3,4)16-7-11-18(22)12-8-16/h5-12H,13-14H2,1-4H3. The molecule has 0 saturated heterocycles. The van der Waals surface area contributed by atoms with Crippen molar-refractivity contribution in [1.82, 2.24) is 0 Å². The summed E-state index contributed by atoms with van der Waals surface area (Å²) in [7, 11) is 0. The summed E-state index contributed by atoms with van der Waals surface area (Å²) in [6, 6.07) is 15.0. The molecular formula is C20H24ClF. The Hall–Kier alpha value is -1.34. The molecule has 0 aromatic heterocycles. The minimum atomic E-state index is -0.180. The van der Waals surface area contributed by atoms with Crippen LogP contribution in [0.2, 0.25) is 5.02 Å². The SMILES string of the molecule is CC(C)(CCC(C)(C)c1ccc(Cl)cc1)c1ccc(F)cc1. The monoisotopic (exact) mass is 318 g/mol. The zero-order valence-corrected chi connectivity index (χ0v) is 14.5. The molecule has 0 nitrogen and oxygen atoms in total. The van der Waals surface area contributed by atoms with Gasteiger partial charge in [-0.2, -0.15) is 0 Å². The van der Waals surface area contributed by atoms with Gasteiger partial charge in [0.25, 0.3) is 0 Å². The minimum Gasteiger partial charge on any atom is -0.207 e. The van der Waals surface area contributed by atoms with Gasteiger partial charge in [-0.25, -0.2) is 4.39 Å². The Morgan fingerprint density at radius 2 is 1.09 bits per heavy atom. The van der Waals surface area contributed by atoms with Crippen molar-refractivity contribution in [2.45, 2.75) is 51.4 Å². The predicted molar refractivity (Wildman–Crippen MR) is 93.1 cm³/mol. The van der Waals surface area contributed by atoms with Crippen molar-refractivity contribution < 1.29 is 4.39 Å². The topological polar surface area (TPSA) is 0 Å². The van der Waals surface area contributed by atoms with Crippen molar-refractivity contribution >= 4 is 11.6 Å². The van der Waals surface area contributed by atoms with Crippen molar-refractivity contribution in [3.8, 4) is 0 Å². The summed E-state index contributed by atoms with van der Waals surface area (Å²) in [6.45, 7) is 8.96. The van der Waals surface area contributed by atoms with Gasteiger partial charge in [0.1, 0.15) is 5.82 Å². The van der Waals surface area contributed by atoms with Crippen LogP contribution in [0, 0.1) is 5.82 Å². The third-order valence-electron chi connectivity index (χ3n) is 4.63. The number of benzene rings is 2. The van der Waals surface area contributed by atoms with Gasteiger partial charge in [0.2, 0.25) is 0 Å². The van der Waals surface area contributed by atoms with Crippen molar-refractivity contribution in [3.63, 3.8) is 0 Å². The Bertz CT molecular complexity index is 552. The van der Waals surface area contributed by atoms with Crippen LogP contribution in [-0.2, 0) is 10.8 Å². The van der Waals surface area contributed by atoms with E-state index in [0.29, 0.717) is 0 Å². The van der Waals surface area contributed by atoms with Crippen LogP contribution < -0.4 is 0 Å². The van der Waals surface area contributed by atoms with Gasteiger partial charge in [-0.1, -0.05) is 63.6 Å². The van der Waals surface area contributed by atoms with E-state index in [-0.39, 0.29) is 16.6 Å². The van der Waals surface area contributed by atoms with Crippen LogP contribution in [0.4, 0.5) is 4.39 Å². The van der Waals surface area contributed by atoms with Gasteiger partial charge in [-0.3, -0.25) is 0 Å². The van der Waals surface area contributed by atoms with Gasteiger partial charge in [-0.05, 0) is 59.1 Å². The molecule has 0 fully saturated rings. The van der Waals surface area contributed by atoms with Crippen molar-refractivity contribution in [3.05, 3.63) is 70.5 Å². The summed E-state index contributed by atoms with van der Waals surface area (Å²) in [5.41, 5.74) is 2.59. The molecule has 2 aromatic carbocycles. The average Bonchev–Trinajstić information content (AvgIpc) is 2.46. The van der Waals surface area contributed by atoms with Gasteiger partial charge in [0.15, 0.2) is 0 Å². The van der Waals surface area contributed by atoms with Crippen LogP contribution in [0.1, 0.15) is 51.7 Å². The van der Waals surface area contributed by atoms with Crippen molar-refractivity contribution in [2.75, 3.05) is 0 Å². The maximum absolute atomic E-state index is 13.1. The Balaban J connectivity index is 2.10. The molecule has 0 amide bonds. The minimum absolute atomic E-state index is 0.0252. The quantitative estimate of drug-likeness (QED) is 0.589. The number of rotatable bonds is 5. The Morgan fingerprint density at radius 1 is 0.727 bits per heavy atom. The fraction of sp³-hybridized carbons (Fsp3) is 0.400. The molecule has 0 bridgehead atoms. The third-order valence-corrected chi connectivity index (χ3v) is 4.88. The normalized spacial score (nSPS) is 12.5. The van der Waals surface area contributed by atoms with E-state index < -0.39 is 0 Å². The average molecular weight is 319 g/mol. The highest BCUT2D eigenvalue weighted by molar-refractivity contribution is 6.30. The van der Waals surface area contributed by atoms with Crippen molar-refractivity contribution in [2.24, 2.45) is 0 Å². The van der Waals surface area contributed by atoms with E-state index in [0.717, 1.165) is 17.9 Å². The molecule has 0 saturated carbocycles. The van der Waals surface area contributed by atoms with Crippen LogP contribution in [-0.4, -0.2) is 0 Å². The number of halogens is 2. The van der Waals surface area contributed by atoms with Crippen LogP contribution in [0.25, 0.3) is 0 Å². The van der Waals surface area contributed by atoms with Gasteiger partial charge in [-0.15, -0.1) is 0 Å². The molecule has 0 heterocycles. The van der Waals surface area contributed by atoms with Gasteiger partial charge < -0.3 is 0 Å². The molecule has 0 spiro atoms. The summed E-state index contributed by atoms with van der Waals surface area (Å²) in [4.78, 5) is 0. The van der Waals surface area contributed by atoms with Crippen LogP contribution in [0.3, 0.4) is 0 Å². The summed E-state index contributed by atoms with van der Waals surface area (Å²) < 4.78 is 13.1.